The van der Waals surface area contributed by atoms with E-state index in [4.69, 9.17) is 9.29 Å². The van der Waals surface area contributed by atoms with Gasteiger partial charge in [0.15, 0.2) is 0 Å². The lowest BCUT2D eigenvalue weighted by Crippen LogP contribution is -1.97. The Morgan fingerprint density at radius 3 is 2.05 bits per heavy atom. The van der Waals surface area contributed by atoms with Gasteiger partial charge in [-0.3, -0.25) is 4.55 Å². The zero-order valence-corrected chi connectivity index (χ0v) is 12.1. The summed E-state index contributed by atoms with van der Waals surface area (Å²) in [4.78, 5) is 3.81. The van der Waals surface area contributed by atoms with Crippen LogP contribution in [-0.4, -0.2) is 22.5 Å². The van der Waals surface area contributed by atoms with Gasteiger partial charge in [-0.2, -0.15) is 8.42 Å². The fourth-order valence-corrected chi connectivity index (χ4v) is 2.39. The third-order valence-electron chi connectivity index (χ3n) is 3.00. The molecule has 7 heteroatoms. The number of benzene rings is 2. The molecule has 1 aromatic heterocycles. The van der Waals surface area contributed by atoms with Crippen LogP contribution in [-0.2, 0) is 10.1 Å². The molecule has 0 radical (unpaired) electrons. The first-order valence-corrected chi connectivity index (χ1v) is 7.80. The largest absolute Gasteiger partial charge is 0.457 e. The summed E-state index contributed by atoms with van der Waals surface area (Å²) in [5.74, 6) is 1.09. The number of imidazole rings is 1. The van der Waals surface area contributed by atoms with Crippen molar-refractivity contribution in [3.05, 3.63) is 67.3 Å². The summed E-state index contributed by atoms with van der Waals surface area (Å²) >= 11 is 0. The minimum Gasteiger partial charge on any atom is -0.457 e. The molecular weight excluding hydrogens is 304 g/mol. The SMILES string of the molecule is O=S(=O)(O)c1ccc(Oc2ccc(-n3ccnc3)cc2)cc1. The van der Waals surface area contributed by atoms with E-state index in [1.165, 1.54) is 24.3 Å². The molecule has 3 aromatic rings. The molecule has 0 atom stereocenters. The molecule has 0 saturated heterocycles. The Morgan fingerprint density at radius 2 is 1.55 bits per heavy atom. The van der Waals surface area contributed by atoms with Crippen molar-refractivity contribution in [2.75, 3.05) is 0 Å². The second-order valence-corrected chi connectivity index (χ2v) is 5.93. The van der Waals surface area contributed by atoms with Crippen LogP contribution in [0.4, 0.5) is 0 Å². The first-order valence-electron chi connectivity index (χ1n) is 6.36. The maximum atomic E-state index is 11.0. The van der Waals surface area contributed by atoms with Crippen LogP contribution < -0.4 is 4.74 Å². The van der Waals surface area contributed by atoms with Gasteiger partial charge in [-0.1, -0.05) is 0 Å². The van der Waals surface area contributed by atoms with Crippen LogP contribution in [0.3, 0.4) is 0 Å². The Labute approximate surface area is 127 Å². The standard InChI is InChI=1S/C15H12N2O4S/c18-22(19,20)15-7-5-14(6-8-15)21-13-3-1-12(2-4-13)17-10-9-16-11-17/h1-11H,(H,18,19,20). The van der Waals surface area contributed by atoms with Gasteiger partial charge in [-0.15, -0.1) is 0 Å². The van der Waals surface area contributed by atoms with E-state index in [0.29, 0.717) is 11.5 Å². The third-order valence-corrected chi connectivity index (χ3v) is 3.86. The van der Waals surface area contributed by atoms with Crippen LogP contribution >= 0.6 is 0 Å². The highest BCUT2D eigenvalue weighted by molar-refractivity contribution is 7.85. The van der Waals surface area contributed by atoms with Gasteiger partial charge in [0, 0.05) is 18.1 Å². The van der Waals surface area contributed by atoms with E-state index in [1.54, 1.807) is 24.7 Å². The Hall–Kier alpha value is -2.64. The van der Waals surface area contributed by atoms with Gasteiger partial charge in [0.05, 0.1) is 11.2 Å². The molecule has 0 spiro atoms. The molecular formula is C15H12N2O4S. The summed E-state index contributed by atoms with van der Waals surface area (Å²) < 4.78 is 38.3. The van der Waals surface area contributed by atoms with Gasteiger partial charge in [-0.05, 0) is 48.5 Å². The van der Waals surface area contributed by atoms with Crippen molar-refractivity contribution in [1.82, 2.24) is 9.55 Å². The van der Waals surface area contributed by atoms with Gasteiger partial charge in [0.2, 0.25) is 0 Å². The third kappa shape index (κ3) is 3.16. The van der Waals surface area contributed by atoms with Crippen molar-refractivity contribution in [3.63, 3.8) is 0 Å². The Kier molecular flexibility index (Phi) is 3.66. The van der Waals surface area contributed by atoms with Crippen molar-refractivity contribution in [3.8, 4) is 17.2 Å². The summed E-state index contributed by atoms with van der Waals surface area (Å²) in [7, 11) is -4.19. The van der Waals surface area contributed by atoms with E-state index in [2.05, 4.69) is 4.98 Å². The predicted molar refractivity (Wildman–Crippen MR) is 79.9 cm³/mol. The fourth-order valence-electron chi connectivity index (χ4n) is 1.91. The molecule has 6 nitrogen and oxygen atoms in total. The zero-order chi connectivity index (χ0) is 15.6. The van der Waals surface area contributed by atoms with E-state index in [9.17, 15) is 8.42 Å². The molecule has 2 aromatic carbocycles. The number of nitrogens with zero attached hydrogens (tertiary/aromatic N) is 2. The van der Waals surface area contributed by atoms with Crippen molar-refractivity contribution < 1.29 is 17.7 Å². The summed E-state index contributed by atoms with van der Waals surface area (Å²) in [5.41, 5.74) is 0.951. The van der Waals surface area contributed by atoms with Crippen LogP contribution in [0, 0.1) is 0 Å². The lowest BCUT2D eigenvalue weighted by Gasteiger charge is -2.07. The van der Waals surface area contributed by atoms with E-state index < -0.39 is 10.1 Å². The van der Waals surface area contributed by atoms with Crippen LogP contribution in [0.5, 0.6) is 11.5 Å². The van der Waals surface area contributed by atoms with Gasteiger partial charge in [0.1, 0.15) is 11.5 Å². The molecule has 112 valence electrons. The topological polar surface area (TPSA) is 81.4 Å². The van der Waals surface area contributed by atoms with Crippen LogP contribution in [0.15, 0.2) is 72.1 Å². The Bertz CT molecular complexity index is 855. The van der Waals surface area contributed by atoms with Gasteiger partial charge in [0.25, 0.3) is 10.1 Å². The van der Waals surface area contributed by atoms with Crippen LogP contribution in [0.25, 0.3) is 5.69 Å². The highest BCUT2D eigenvalue weighted by atomic mass is 32.2. The average Bonchev–Trinajstić information content (AvgIpc) is 3.02. The van der Waals surface area contributed by atoms with Gasteiger partial charge >= 0.3 is 0 Å². The molecule has 1 heterocycles. The maximum absolute atomic E-state index is 11.0. The first kappa shape index (κ1) is 14.3. The predicted octanol–water partition coefficient (Wildman–Crippen LogP) is 2.91. The molecule has 1 N–H and O–H groups in total. The summed E-state index contributed by atoms with van der Waals surface area (Å²) in [6.07, 6.45) is 5.23. The zero-order valence-electron chi connectivity index (χ0n) is 11.3. The normalized spacial score (nSPS) is 11.3. The van der Waals surface area contributed by atoms with Crippen molar-refractivity contribution in [1.29, 1.82) is 0 Å². The van der Waals surface area contributed by atoms with E-state index in [-0.39, 0.29) is 4.90 Å². The highest BCUT2D eigenvalue weighted by Crippen LogP contribution is 2.24. The molecule has 0 fully saturated rings. The summed E-state index contributed by atoms with van der Waals surface area (Å²) in [5, 5.41) is 0. The molecule has 22 heavy (non-hydrogen) atoms. The summed E-state index contributed by atoms with van der Waals surface area (Å²) in [6.45, 7) is 0. The highest BCUT2D eigenvalue weighted by Gasteiger charge is 2.09. The lowest BCUT2D eigenvalue weighted by molar-refractivity contribution is 0.478. The minimum atomic E-state index is -4.19. The molecule has 0 aliphatic carbocycles. The molecule has 0 aliphatic rings. The van der Waals surface area contributed by atoms with Crippen LogP contribution in [0.2, 0.25) is 0 Å². The van der Waals surface area contributed by atoms with Gasteiger partial charge in [-0.25, -0.2) is 4.98 Å². The Balaban J connectivity index is 1.76. The van der Waals surface area contributed by atoms with Crippen molar-refractivity contribution in [2.45, 2.75) is 4.90 Å². The van der Waals surface area contributed by atoms with Crippen LogP contribution in [0.1, 0.15) is 0 Å². The number of aromatic nitrogens is 2. The molecule has 0 unspecified atom stereocenters. The minimum absolute atomic E-state index is 0.171. The van der Waals surface area contributed by atoms with E-state index in [0.717, 1.165) is 5.69 Å². The molecule has 0 bridgehead atoms. The Morgan fingerprint density at radius 1 is 0.955 bits per heavy atom. The average molecular weight is 316 g/mol. The molecule has 0 aliphatic heterocycles. The number of hydrogen-bond acceptors (Lipinski definition) is 4. The first-order chi connectivity index (χ1) is 10.5. The van der Waals surface area contributed by atoms with E-state index in [1.807, 2.05) is 22.9 Å². The monoisotopic (exact) mass is 316 g/mol. The van der Waals surface area contributed by atoms with E-state index >= 15 is 0 Å². The fraction of sp³-hybridized carbons (Fsp3) is 0. The number of ether oxygens (including phenoxy) is 1. The number of rotatable bonds is 4. The second-order valence-electron chi connectivity index (χ2n) is 4.51. The molecule has 0 saturated carbocycles. The van der Waals surface area contributed by atoms with Gasteiger partial charge < -0.3 is 9.30 Å². The van der Waals surface area contributed by atoms with Crippen molar-refractivity contribution >= 4 is 10.1 Å². The quantitative estimate of drug-likeness (QED) is 0.748. The molecule has 3 rings (SSSR count). The molecule has 0 amide bonds. The van der Waals surface area contributed by atoms with Crippen molar-refractivity contribution in [2.24, 2.45) is 0 Å². The smallest absolute Gasteiger partial charge is 0.294 e. The maximum Gasteiger partial charge on any atom is 0.294 e. The lowest BCUT2D eigenvalue weighted by atomic mass is 10.3. The summed E-state index contributed by atoms with van der Waals surface area (Å²) in [6, 6.07) is 12.9. The second kappa shape index (κ2) is 5.63. The number of hydrogen-bond donors (Lipinski definition) is 1.